The van der Waals surface area contributed by atoms with E-state index in [9.17, 15) is 9.90 Å². The van der Waals surface area contributed by atoms with E-state index in [-0.39, 0.29) is 30.9 Å². The van der Waals surface area contributed by atoms with E-state index in [1.165, 1.54) is 0 Å². The molecule has 24 heavy (non-hydrogen) atoms. The Labute approximate surface area is 142 Å². The predicted octanol–water partition coefficient (Wildman–Crippen LogP) is 2.81. The van der Waals surface area contributed by atoms with Crippen LogP contribution in [0.4, 0.5) is 0 Å². The highest BCUT2D eigenvalue weighted by Crippen LogP contribution is 2.25. The highest BCUT2D eigenvalue weighted by Gasteiger charge is 2.29. The van der Waals surface area contributed by atoms with Crippen LogP contribution in [0.2, 0.25) is 0 Å². The molecule has 1 aliphatic heterocycles. The Morgan fingerprint density at radius 2 is 2.08 bits per heavy atom. The number of hydrogen-bond acceptors (Lipinski definition) is 4. The molecule has 2 atom stereocenters. The topological polar surface area (TPSA) is 66.6 Å². The first-order valence-electron chi connectivity index (χ1n) is 8.50. The molecule has 0 spiro atoms. The van der Waals surface area contributed by atoms with E-state index in [1.807, 2.05) is 42.2 Å². The summed E-state index contributed by atoms with van der Waals surface area (Å²) in [5.74, 6) is 1.47. The minimum atomic E-state index is 0.0525. The van der Waals surface area contributed by atoms with Gasteiger partial charge in [0, 0.05) is 24.8 Å². The van der Waals surface area contributed by atoms with Crippen LogP contribution in [0.25, 0.3) is 11.5 Å². The van der Waals surface area contributed by atoms with E-state index in [4.69, 9.17) is 4.42 Å². The van der Waals surface area contributed by atoms with Gasteiger partial charge in [-0.25, -0.2) is 4.98 Å². The van der Waals surface area contributed by atoms with Gasteiger partial charge in [0.05, 0.1) is 12.1 Å². The normalized spacial score (nSPS) is 21.0. The van der Waals surface area contributed by atoms with Gasteiger partial charge < -0.3 is 14.4 Å². The number of carbonyl (C=O) groups is 1. The lowest BCUT2D eigenvalue weighted by Gasteiger charge is -2.37. The number of rotatable bonds is 4. The highest BCUT2D eigenvalue weighted by molar-refractivity contribution is 5.79. The number of oxazole rings is 1. The monoisotopic (exact) mass is 328 g/mol. The van der Waals surface area contributed by atoms with Crippen molar-refractivity contribution >= 4 is 5.91 Å². The number of aliphatic hydroxyl groups excluding tert-OH is 1. The van der Waals surface area contributed by atoms with Crippen LogP contribution >= 0.6 is 0 Å². The molecular weight excluding hydrogens is 304 g/mol. The number of aromatic nitrogens is 1. The molecule has 3 rings (SSSR count). The number of carbonyl (C=O) groups excluding carboxylic acids is 1. The Bertz CT molecular complexity index is 696. The Balaban J connectivity index is 1.74. The standard InChI is InChI=1S/C19H24N2O3/c1-13-8-9-15(12-22)11-21(13)18(23)10-17-14(2)24-19(20-17)16-6-4-3-5-7-16/h3-7,13,15,22H,8-12H2,1-2H3. The van der Waals surface area contributed by atoms with E-state index in [2.05, 4.69) is 11.9 Å². The first kappa shape index (κ1) is 16.7. The van der Waals surface area contributed by atoms with E-state index in [0.717, 1.165) is 18.4 Å². The van der Waals surface area contributed by atoms with Crippen molar-refractivity contribution in [3.63, 3.8) is 0 Å². The number of amides is 1. The van der Waals surface area contributed by atoms with Crippen molar-refractivity contribution in [1.29, 1.82) is 0 Å². The maximum atomic E-state index is 12.7. The van der Waals surface area contributed by atoms with Crippen LogP contribution in [-0.2, 0) is 11.2 Å². The Kier molecular flexibility index (Phi) is 5.00. The second-order valence-corrected chi connectivity index (χ2v) is 6.59. The molecule has 2 aromatic rings. The van der Waals surface area contributed by atoms with Gasteiger partial charge in [0.2, 0.25) is 11.8 Å². The molecule has 1 amide bonds. The van der Waals surface area contributed by atoms with Crippen molar-refractivity contribution in [3.05, 3.63) is 41.8 Å². The van der Waals surface area contributed by atoms with Gasteiger partial charge in [-0.15, -0.1) is 0 Å². The quantitative estimate of drug-likeness (QED) is 0.937. The van der Waals surface area contributed by atoms with Gasteiger partial charge in [-0.2, -0.15) is 0 Å². The van der Waals surface area contributed by atoms with Crippen LogP contribution in [0.15, 0.2) is 34.7 Å². The summed E-state index contributed by atoms with van der Waals surface area (Å²) in [6.07, 6.45) is 2.15. The van der Waals surface area contributed by atoms with Crippen molar-refractivity contribution < 1.29 is 14.3 Å². The molecule has 0 bridgehead atoms. The second kappa shape index (κ2) is 7.18. The summed E-state index contributed by atoms with van der Waals surface area (Å²) in [5, 5.41) is 9.37. The second-order valence-electron chi connectivity index (χ2n) is 6.59. The van der Waals surface area contributed by atoms with Gasteiger partial charge in [0.15, 0.2) is 0 Å². The van der Waals surface area contributed by atoms with Crippen LogP contribution in [0, 0.1) is 12.8 Å². The molecule has 1 aliphatic rings. The van der Waals surface area contributed by atoms with Gasteiger partial charge >= 0.3 is 0 Å². The summed E-state index contributed by atoms with van der Waals surface area (Å²) in [5.41, 5.74) is 1.60. The third-order valence-corrected chi connectivity index (χ3v) is 4.79. The predicted molar refractivity (Wildman–Crippen MR) is 91.4 cm³/mol. The zero-order valence-electron chi connectivity index (χ0n) is 14.2. The zero-order chi connectivity index (χ0) is 17.1. The van der Waals surface area contributed by atoms with Gasteiger partial charge in [0.25, 0.3) is 0 Å². The van der Waals surface area contributed by atoms with Crippen LogP contribution in [0.3, 0.4) is 0 Å². The molecule has 1 fully saturated rings. The van der Waals surface area contributed by atoms with Crippen molar-refractivity contribution in [1.82, 2.24) is 9.88 Å². The first-order chi connectivity index (χ1) is 11.6. The van der Waals surface area contributed by atoms with Crippen molar-refractivity contribution in [2.45, 2.75) is 39.2 Å². The number of hydrogen-bond donors (Lipinski definition) is 1. The first-order valence-corrected chi connectivity index (χ1v) is 8.50. The van der Waals surface area contributed by atoms with Crippen molar-refractivity contribution in [2.75, 3.05) is 13.2 Å². The Morgan fingerprint density at radius 3 is 2.79 bits per heavy atom. The summed E-state index contributed by atoms with van der Waals surface area (Å²) in [7, 11) is 0. The summed E-state index contributed by atoms with van der Waals surface area (Å²) in [6, 6.07) is 9.90. The highest BCUT2D eigenvalue weighted by atomic mass is 16.4. The molecule has 2 heterocycles. The van der Waals surface area contributed by atoms with Gasteiger partial charge in [-0.05, 0) is 44.7 Å². The van der Waals surface area contributed by atoms with Gasteiger partial charge in [0.1, 0.15) is 5.76 Å². The number of benzene rings is 1. The van der Waals surface area contributed by atoms with Crippen LogP contribution in [0.5, 0.6) is 0 Å². The molecular formula is C19H24N2O3. The lowest BCUT2D eigenvalue weighted by Crippen LogP contribution is -2.47. The fourth-order valence-electron chi connectivity index (χ4n) is 3.22. The fraction of sp³-hybridized carbons (Fsp3) is 0.474. The summed E-state index contributed by atoms with van der Waals surface area (Å²) in [4.78, 5) is 19.1. The van der Waals surface area contributed by atoms with Gasteiger partial charge in [-0.1, -0.05) is 18.2 Å². The van der Waals surface area contributed by atoms with Crippen molar-refractivity contribution in [2.24, 2.45) is 5.92 Å². The Hall–Kier alpha value is -2.14. The number of nitrogens with zero attached hydrogens (tertiary/aromatic N) is 2. The molecule has 5 heteroatoms. The van der Waals surface area contributed by atoms with Gasteiger partial charge in [-0.3, -0.25) is 4.79 Å². The molecule has 1 saturated heterocycles. The number of aryl methyl sites for hydroxylation is 1. The van der Waals surface area contributed by atoms with E-state index in [1.54, 1.807) is 0 Å². The maximum Gasteiger partial charge on any atom is 0.228 e. The molecule has 1 aromatic carbocycles. The largest absolute Gasteiger partial charge is 0.441 e. The number of likely N-dealkylation sites (tertiary alicyclic amines) is 1. The Morgan fingerprint density at radius 1 is 1.33 bits per heavy atom. The average molecular weight is 328 g/mol. The minimum absolute atomic E-state index is 0.0525. The third-order valence-electron chi connectivity index (χ3n) is 4.79. The van der Waals surface area contributed by atoms with Crippen LogP contribution in [-0.4, -0.2) is 40.1 Å². The van der Waals surface area contributed by atoms with E-state index in [0.29, 0.717) is 23.9 Å². The summed E-state index contributed by atoms with van der Waals surface area (Å²) in [6.45, 7) is 4.67. The molecule has 0 aliphatic carbocycles. The minimum Gasteiger partial charge on any atom is -0.441 e. The van der Waals surface area contributed by atoms with Crippen molar-refractivity contribution in [3.8, 4) is 11.5 Å². The third kappa shape index (κ3) is 3.51. The van der Waals surface area contributed by atoms with Crippen LogP contribution in [0.1, 0.15) is 31.2 Å². The molecule has 5 nitrogen and oxygen atoms in total. The zero-order valence-corrected chi connectivity index (χ0v) is 14.2. The molecule has 2 unspecified atom stereocenters. The average Bonchev–Trinajstić information content (AvgIpc) is 2.97. The number of piperidine rings is 1. The summed E-state index contributed by atoms with van der Waals surface area (Å²) >= 11 is 0. The number of aliphatic hydroxyl groups is 1. The molecule has 0 saturated carbocycles. The molecule has 1 aromatic heterocycles. The van der Waals surface area contributed by atoms with E-state index >= 15 is 0 Å². The SMILES string of the molecule is Cc1oc(-c2ccccc2)nc1CC(=O)N1CC(CO)CCC1C. The smallest absolute Gasteiger partial charge is 0.228 e. The lowest BCUT2D eigenvalue weighted by atomic mass is 9.93. The fourth-order valence-corrected chi connectivity index (χ4v) is 3.22. The lowest BCUT2D eigenvalue weighted by molar-refractivity contribution is -0.135. The maximum absolute atomic E-state index is 12.7. The van der Waals surface area contributed by atoms with E-state index < -0.39 is 0 Å². The summed E-state index contributed by atoms with van der Waals surface area (Å²) < 4.78 is 5.74. The molecule has 128 valence electrons. The molecule has 1 N–H and O–H groups in total. The molecule has 0 radical (unpaired) electrons. The van der Waals surface area contributed by atoms with Crippen LogP contribution < -0.4 is 0 Å².